The number of carbonyl (C=O) groups is 4. The molecule has 4 aliphatic carbocycles. The highest BCUT2D eigenvalue weighted by Gasteiger charge is 2.67. The Morgan fingerprint density at radius 3 is 1.87 bits per heavy atom. The zero-order valence-corrected chi connectivity index (χ0v) is 43.5. The van der Waals surface area contributed by atoms with Crippen LogP contribution in [-0.4, -0.2) is 125 Å². The number of rotatable bonds is 12. The van der Waals surface area contributed by atoms with Crippen molar-refractivity contribution in [1.82, 2.24) is 35.4 Å². The van der Waals surface area contributed by atoms with E-state index in [0.717, 1.165) is 44.5 Å². The van der Waals surface area contributed by atoms with Gasteiger partial charge in [0.1, 0.15) is 23.1 Å². The van der Waals surface area contributed by atoms with E-state index >= 15 is 0 Å². The number of nitrogens with zero attached hydrogens (tertiary/aromatic N) is 3. The number of nitrogens with one attached hydrogen (secondary N) is 4. The maximum atomic E-state index is 14.0. The number of likely N-dealkylation sites (N-methyl/N-ethyl adjacent to an activating group) is 1. The van der Waals surface area contributed by atoms with Crippen LogP contribution in [0.1, 0.15) is 111 Å². The zero-order chi connectivity index (χ0) is 54.3. The van der Waals surface area contributed by atoms with Gasteiger partial charge in [0.15, 0.2) is 0 Å². The summed E-state index contributed by atoms with van der Waals surface area (Å²) in [4.78, 5) is 92.0. The molecule has 2 amide bonds. The summed E-state index contributed by atoms with van der Waals surface area (Å²) in [6.45, 7) is 1.97. The largest absolute Gasteiger partial charge is 0.507 e. The number of phenolic OH excluding ortho intramolecular Hbond substituents is 2. The summed E-state index contributed by atoms with van der Waals surface area (Å²) in [6.07, 6.45) is 8.37. The molecule has 17 nitrogen and oxygen atoms in total. The zero-order valence-electron chi connectivity index (χ0n) is 43.5. The summed E-state index contributed by atoms with van der Waals surface area (Å²) in [5.41, 5.74) is 3.20. The summed E-state index contributed by atoms with van der Waals surface area (Å²) < 4.78 is 0. The van der Waals surface area contributed by atoms with E-state index in [2.05, 4.69) is 41.5 Å². The number of aliphatic hydroxyl groups is 2. The van der Waals surface area contributed by atoms with E-state index in [0.29, 0.717) is 81.3 Å². The van der Waals surface area contributed by atoms with Gasteiger partial charge in [0, 0.05) is 110 Å². The Morgan fingerprint density at radius 2 is 1.26 bits per heavy atom. The molecular weight excluding hydrogens is 991 g/mol. The second-order valence-corrected chi connectivity index (χ2v) is 22.8. The number of piperidine rings is 2. The molecule has 2 aliphatic heterocycles. The van der Waals surface area contributed by atoms with Crippen LogP contribution in [0.25, 0.3) is 22.3 Å². The number of aromatic nitrogens is 3. The first-order chi connectivity index (χ1) is 37.5. The van der Waals surface area contributed by atoms with Gasteiger partial charge in [0.05, 0.1) is 22.3 Å². The molecule has 4 aromatic carbocycles. The van der Waals surface area contributed by atoms with Crippen molar-refractivity contribution in [3.8, 4) is 33.8 Å². The van der Waals surface area contributed by atoms with Crippen LogP contribution in [0.15, 0.2) is 107 Å². The van der Waals surface area contributed by atoms with Gasteiger partial charge in [-0.1, -0.05) is 54.6 Å². The molecule has 2 saturated carbocycles. The van der Waals surface area contributed by atoms with Gasteiger partial charge in [-0.05, 0) is 134 Å². The number of hydrogen-bond acceptors (Lipinski definition) is 13. The first-order valence-corrected chi connectivity index (χ1v) is 27.2. The van der Waals surface area contributed by atoms with Crippen LogP contribution in [0.5, 0.6) is 11.5 Å². The van der Waals surface area contributed by atoms with Gasteiger partial charge in [-0.3, -0.25) is 28.9 Å². The van der Waals surface area contributed by atoms with E-state index in [4.69, 9.17) is 0 Å². The summed E-state index contributed by atoms with van der Waals surface area (Å²) in [7, 11) is 1.99. The molecule has 0 spiro atoms. The highest BCUT2D eigenvalue weighted by molar-refractivity contribution is 5.99. The number of pyridine rings is 1. The van der Waals surface area contributed by atoms with Crippen molar-refractivity contribution < 1.29 is 39.6 Å². The van der Waals surface area contributed by atoms with Crippen molar-refractivity contribution >= 4 is 23.4 Å². The number of H-pyrrole nitrogens is 2. The average molecular weight is 1050 g/mol. The van der Waals surface area contributed by atoms with Crippen LogP contribution in [-0.2, 0) is 52.6 Å². The first kappa shape index (κ1) is 51.2. The van der Waals surface area contributed by atoms with Crippen molar-refractivity contribution in [1.29, 1.82) is 0 Å². The number of carbonyl (C=O) groups excluding carboxylic acids is 4. The minimum absolute atomic E-state index is 0.0157. The number of ketones is 2. The van der Waals surface area contributed by atoms with Crippen molar-refractivity contribution in [2.45, 2.75) is 118 Å². The second kappa shape index (κ2) is 19.4. The number of amides is 2. The second-order valence-electron chi connectivity index (χ2n) is 22.8. The van der Waals surface area contributed by atoms with Crippen LogP contribution in [0.2, 0.25) is 0 Å². The summed E-state index contributed by atoms with van der Waals surface area (Å²) >= 11 is 0. The van der Waals surface area contributed by atoms with Gasteiger partial charge in [0.2, 0.25) is 5.56 Å². The lowest BCUT2D eigenvalue weighted by atomic mass is 9.49. The Kier molecular flexibility index (Phi) is 12.7. The molecule has 17 heteroatoms. The standard InChI is InChI=1S/C61H63N7O10/c1-67-24-19-58-30-43(69)12-17-60(58,77)48(67)27-39-7-10-46(53(72)51(39)58)56(75)64-22-15-36-4-9-45(38-16-23-62-50(71)29-38)41(26-36)34-68-25-20-59-31-44(70)13-18-61(59,78)49(68)28-40-8-11-47(54(73)52(40)59)55(74)63-21-14-35-2-5-37(6-3-35)42-32-65-57(76)66-33-42/h2-11,16,23,26,29,32-33,48-49,72-73,77-78H,12-15,17-22,24-25,27-28,30-31,34H2,1H3,(H,62,71)(H,63,74)(H,64,75)(H,65,66,76)/t48-,49-,58-,59?,60-,61-/m1/s1. The fourth-order valence-electron chi connectivity index (χ4n) is 14.9. The Balaban J connectivity index is 0.777. The summed E-state index contributed by atoms with van der Waals surface area (Å²) in [5.74, 6) is -1.31. The fraction of sp³-hybridized carbons (Fsp3) is 0.393. The van der Waals surface area contributed by atoms with Crippen molar-refractivity contribution in [2.75, 3.05) is 33.2 Å². The monoisotopic (exact) mass is 1050 g/mol. The van der Waals surface area contributed by atoms with Gasteiger partial charge >= 0.3 is 5.69 Å². The predicted octanol–water partition coefficient (Wildman–Crippen LogP) is 4.68. The highest BCUT2D eigenvalue weighted by Crippen LogP contribution is 2.61. The molecule has 1 unspecified atom stereocenters. The van der Waals surface area contributed by atoms with E-state index in [-0.39, 0.29) is 91.0 Å². The third kappa shape index (κ3) is 8.32. The molecule has 6 aliphatic rings. The molecule has 402 valence electrons. The van der Waals surface area contributed by atoms with Gasteiger partial charge in [-0.2, -0.15) is 0 Å². The van der Waals surface area contributed by atoms with E-state index in [1.165, 1.54) is 6.20 Å². The molecular formula is C61H63N7O10. The van der Waals surface area contributed by atoms with E-state index in [9.17, 15) is 49.2 Å². The predicted molar refractivity (Wildman–Crippen MR) is 289 cm³/mol. The van der Waals surface area contributed by atoms with Crippen molar-refractivity contribution in [3.05, 3.63) is 168 Å². The van der Waals surface area contributed by atoms with Crippen molar-refractivity contribution in [2.24, 2.45) is 0 Å². The number of Topliss-reactive ketones (excluding diaryl/α,β-unsaturated/α-hetero) is 2. The van der Waals surface area contributed by atoms with Crippen molar-refractivity contribution in [3.63, 3.8) is 0 Å². The highest BCUT2D eigenvalue weighted by atomic mass is 16.3. The van der Waals surface area contributed by atoms with Crippen LogP contribution in [0, 0.1) is 0 Å². The lowest BCUT2D eigenvalue weighted by Crippen LogP contribution is -2.73. The Hall–Kier alpha value is -7.57. The summed E-state index contributed by atoms with van der Waals surface area (Å²) in [5, 5.41) is 55.6. The minimum atomic E-state index is -1.44. The topological polar surface area (TPSA) is 258 Å². The normalized spacial score (nSPS) is 26.2. The number of likely N-dealkylation sites (tertiary alicyclic amines) is 2. The number of aromatic amines is 2. The third-order valence-corrected chi connectivity index (χ3v) is 18.8. The molecule has 6 aromatic rings. The van der Waals surface area contributed by atoms with Crippen LogP contribution >= 0.6 is 0 Å². The van der Waals surface area contributed by atoms with Crippen LogP contribution in [0.3, 0.4) is 0 Å². The smallest absolute Gasteiger partial charge is 0.344 e. The molecule has 8 N–H and O–H groups in total. The maximum absolute atomic E-state index is 14.0. The van der Waals surface area contributed by atoms with E-state index in [1.807, 2.05) is 61.6 Å². The number of aromatic hydroxyl groups is 2. The molecule has 4 heterocycles. The lowest BCUT2D eigenvalue weighted by molar-refractivity contribution is -0.174. The van der Waals surface area contributed by atoms with Crippen LogP contribution < -0.4 is 21.9 Å². The van der Waals surface area contributed by atoms with E-state index in [1.54, 1.807) is 30.6 Å². The molecule has 2 aromatic heterocycles. The Morgan fingerprint density at radius 1 is 0.667 bits per heavy atom. The number of fused-ring (bicyclic) bond motifs is 2. The fourth-order valence-corrected chi connectivity index (χ4v) is 14.9. The molecule has 2 saturated heterocycles. The Labute approximate surface area is 449 Å². The first-order valence-electron chi connectivity index (χ1n) is 27.2. The minimum Gasteiger partial charge on any atom is -0.507 e. The number of phenols is 2. The number of hydrogen-bond donors (Lipinski definition) is 8. The number of benzene rings is 4. The van der Waals surface area contributed by atoms with Gasteiger partial charge in [-0.15, -0.1) is 0 Å². The van der Waals surface area contributed by atoms with Gasteiger partial charge in [-0.25, -0.2) is 9.78 Å². The summed E-state index contributed by atoms with van der Waals surface area (Å²) in [6, 6.07) is 23.3. The molecule has 78 heavy (non-hydrogen) atoms. The molecule has 0 radical (unpaired) electrons. The molecule has 4 bridgehead atoms. The quantitative estimate of drug-likeness (QED) is 0.0830. The van der Waals surface area contributed by atoms with Gasteiger partial charge < -0.3 is 45.9 Å². The SMILES string of the molecule is CN1CC[C@]23CC(=O)CC[C@@]2(O)[C@H]1Cc1ccc(C(=O)NCCc2ccc(-c4cc[nH]c(=O)c4)c(CN4CCC56CC(=O)CC[C@@]5(O)[C@H]4Cc4ccc(C(=O)NCCc5ccc(-c7cnc(=O)[nH]c7)cc5)c(O)c46)c2)c(O)c13. The Bertz CT molecular complexity index is 3560. The van der Waals surface area contributed by atoms with E-state index < -0.39 is 45.6 Å². The lowest BCUT2D eigenvalue weighted by Gasteiger charge is -2.63. The average Bonchev–Trinajstić information content (AvgIpc) is 2.02. The molecule has 6 atom stereocenters. The van der Waals surface area contributed by atoms with Gasteiger partial charge in [0.25, 0.3) is 11.8 Å². The third-order valence-electron chi connectivity index (χ3n) is 18.8. The molecule has 12 rings (SSSR count). The maximum Gasteiger partial charge on any atom is 0.344 e. The van der Waals surface area contributed by atoms with Crippen LogP contribution in [0.4, 0.5) is 0 Å². The molecule has 4 fully saturated rings.